The van der Waals surface area contributed by atoms with Crippen molar-refractivity contribution in [1.82, 2.24) is 19.9 Å². The third kappa shape index (κ3) is 3.71. The van der Waals surface area contributed by atoms with Gasteiger partial charge in [-0.05, 0) is 26.0 Å². The van der Waals surface area contributed by atoms with Crippen LogP contribution in [-0.2, 0) is 11.3 Å². The average molecular weight is 315 g/mol. The number of ether oxygens (including phenoxy) is 1. The number of rotatable bonds is 4. The molecule has 0 amide bonds. The number of imidazole rings is 1. The Labute approximate surface area is 137 Å². The molecule has 1 saturated heterocycles. The Kier molecular flexibility index (Phi) is 4.63. The first kappa shape index (κ1) is 16.0. The smallest absolute Gasteiger partial charge is 0.112 e. The van der Waals surface area contributed by atoms with Crippen molar-refractivity contribution in [3.8, 4) is 0 Å². The highest BCUT2D eigenvalue weighted by atomic mass is 16.5. The van der Waals surface area contributed by atoms with Crippen LogP contribution in [0.15, 0.2) is 18.5 Å². The molecule has 1 aliphatic rings. The summed E-state index contributed by atoms with van der Waals surface area (Å²) in [5, 5.41) is 0. The zero-order valence-corrected chi connectivity index (χ0v) is 14.3. The molecule has 0 aliphatic carbocycles. The minimum atomic E-state index is 0.0154. The predicted octanol–water partition coefficient (Wildman–Crippen LogP) is 2.06. The summed E-state index contributed by atoms with van der Waals surface area (Å²) in [6.07, 6.45) is 1.77. The summed E-state index contributed by atoms with van der Waals surface area (Å²) in [5.41, 5.74) is 5.44. The minimum absolute atomic E-state index is 0.0154. The lowest BCUT2D eigenvalue weighted by Crippen LogP contribution is -2.38. The minimum Gasteiger partial charge on any atom is -0.378 e. The van der Waals surface area contributed by atoms with Crippen LogP contribution in [-0.4, -0.2) is 53.6 Å². The van der Waals surface area contributed by atoms with Crippen molar-refractivity contribution >= 4 is 5.69 Å². The zero-order chi connectivity index (χ0) is 16.4. The van der Waals surface area contributed by atoms with Crippen molar-refractivity contribution in [2.75, 3.05) is 38.7 Å². The molecule has 23 heavy (non-hydrogen) atoms. The van der Waals surface area contributed by atoms with Crippen LogP contribution in [0.4, 0.5) is 5.69 Å². The van der Waals surface area contributed by atoms with Crippen molar-refractivity contribution in [1.29, 1.82) is 0 Å². The molecule has 2 aromatic rings. The molecule has 1 atom stereocenters. The molecule has 3 rings (SSSR count). The number of nitrogens with zero attached hydrogens (tertiary/aromatic N) is 4. The average Bonchev–Trinajstić information content (AvgIpc) is 2.92. The standard InChI is InChI=1S/C17H25N5O/c1-12-7-14(21(3)4)8-15(20-12)17-10-22(5-6-23-17)9-16-13(2)18-11-19-16/h7-8,11,17H,5-6,9-10H2,1-4H3,(H,18,19). The largest absolute Gasteiger partial charge is 0.378 e. The fourth-order valence-corrected chi connectivity index (χ4v) is 2.88. The third-order valence-corrected chi connectivity index (χ3v) is 4.26. The molecule has 6 heteroatoms. The third-order valence-electron chi connectivity index (χ3n) is 4.26. The molecular formula is C17H25N5O. The normalized spacial score (nSPS) is 19.0. The van der Waals surface area contributed by atoms with E-state index in [2.05, 4.69) is 43.8 Å². The van der Waals surface area contributed by atoms with Gasteiger partial charge in [-0.2, -0.15) is 0 Å². The lowest BCUT2D eigenvalue weighted by molar-refractivity contribution is -0.0354. The molecule has 1 aliphatic heterocycles. The lowest BCUT2D eigenvalue weighted by atomic mass is 10.1. The predicted molar refractivity (Wildman–Crippen MR) is 90.6 cm³/mol. The number of hydrogen-bond acceptors (Lipinski definition) is 5. The molecule has 0 radical (unpaired) electrons. The van der Waals surface area contributed by atoms with E-state index in [1.54, 1.807) is 6.33 Å². The van der Waals surface area contributed by atoms with Gasteiger partial charge in [0, 0.05) is 50.8 Å². The van der Waals surface area contributed by atoms with E-state index in [1.165, 1.54) is 0 Å². The van der Waals surface area contributed by atoms with Crippen LogP contribution >= 0.6 is 0 Å². The Bertz CT molecular complexity index is 667. The first-order chi connectivity index (χ1) is 11.0. The van der Waals surface area contributed by atoms with Gasteiger partial charge >= 0.3 is 0 Å². The number of aromatic nitrogens is 3. The molecule has 124 valence electrons. The number of morpholine rings is 1. The highest BCUT2D eigenvalue weighted by molar-refractivity contribution is 5.47. The summed E-state index contributed by atoms with van der Waals surface area (Å²) >= 11 is 0. The highest BCUT2D eigenvalue weighted by Crippen LogP contribution is 2.25. The monoisotopic (exact) mass is 315 g/mol. The Morgan fingerprint density at radius 3 is 2.87 bits per heavy atom. The summed E-state index contributed by atoms with van der Waals surface area (Å²) in [4.78, 5) is 16.7. The summed E-state index contributed by atoms with van der Waals surface area (Å²) in [7, 11) is 4.10. The quantitative estimate of drug-likeness (QED) is 0.936. The van der Waals surface area contributed by atoms with Crippen LogP contribution < -0.4 is 4.90 Å². The van der Waals surface area contributed by atoms with Gasteiger partial charge < -0.3 is 14.6 Å². The molecule has 1 N–H and O–H groups in total. The van der Waals surface area contributed by atoms with E-state index in [9.17, 15) is 0 Å². The molecule has 0 spiro atoms. The maximum atomic E-state index is 5.98. The van der Waals surface area contributed by atoms with Gasteiger partial charge in [-0.15, -0.1) is 0 Å². The van der Waals surface area contributed by atoms with Crippen molar-refractivity contribution in [3.63, 3.8) is 0 Å². The molecule has 2 aromatic heterocycles. The zero-order valence-electron chi connectivity index (χ0n) is 14.3. The fourth-order valence-electron chi connectivity index (χ4n) is 2.88. The summed E-state index contributed by atoms with van der Waals surface area (Å²) < 4.78 is 5.98. The number of aryl methyl sites for hydroxylation is 2. The second-order valence-corrected chi connectivity index (χ2v) is 6.35. The van der Waals surface area contributed by atoms with Crippen LogP contribution in [0, 0.1) is 13.8 Å². The van der Waals surface area contributed by atoms with Gasteiger partial charge in [-0.1, -0.05) is 0 Å². The number of hydrogen-bond donors (Lipinski definition) is 1. The van der Waals surface area contributed by atoms with Crippen molar-refractivity contribution in [2.24, 2.45) is 0 Å². The SMILES string of the molecule is Cc1cc(N(C)C)cc(C2CN(Cc3nc[nH]c3C)CCO2)n1. The van der Waals surface area contributed by atoms with Crippen LogP contribution in [0.1, 0.15) is 28.9 Å². The maximum Gasteiger partial charge on any atom is 0.112 e. The van der Waals surface area contributed by atoms with Gasteiger partial charge in [0.1, 0.15) is 6.10 Å². The molecule has 1 unspecified atom stereocenters. The number of anilines is 1. The molecule has 6 nitrogen and oxygen atoms in total. The molecular weight excluding hydrogens is 290 g/mol. The van der Waals surface area contributed by atoms with Crippen molar-refractivity contribution in [3.05, 3.63) is 41.2 Å². The van der Waals surface area contributed by atoms with Gasteiger partial charge in [0.15, 0.2) is 0 Å². The Morgan fingerprint density at radius 2 is 2.17 bits per heavy atom. The molecule has 1 fully saturated rings. The topological polar surface area (TPSA) is 57.3 Å². The van der Waals surface area contributed by atoms with Crippen LogP contribution in [0.3, 0.4) is 0 Å². The molecule has 3 heterocycles. The summed E-state index contributed by atoms with van der Waals surface area (Å²) in [6, 6.07) is 4.22. The number of nitrogens with one attached hydrogen (secondary N) is 1. The summed E-state index contributed by atoms with van der Waals surface area (Å²) in [5.74, 6) is 0. The van der Waals surface area contributed by atoms with E-state index in [-0.39, 0.29) is 6.10 Å². The molecule has 0 bridgehead atoms. The Balaban J connectivity index is 1.74. The van der Waals surface area contributed by atoms with E-state index in [0.717, 1.165) is 54.7 Å². The first-order valence-electron chi connectivity index (χ1n) is 8.01. The van der Waals surface area contributed by atoms with E-state index >= 15 is 0 Å². The number of pyridine rings is 1. The highest BCUT2D eigenvalue weighted by Gasteiger charge is 2.24. The molecule has 0 aromatic carbocycles. The van der Waals surface area contributed by atoms with Crippen LogP contribution in [0.5, 0.6) is 0 Å². The van der Waals surface area contributed by atoms with E-state index < -0.39 is 0 Å². The van der Waals surface area contributed by atoms with Crippen LogP contribution in [0.2, 0.25) is 0 Å². The van der Waals surface area contributed by atoms with Crippen molar-refractivity contribution < 1.29 is 4.74 Å². The summed E-state index contributed by atoms with van der Waals surface area (Å²) in [6.45, 7) is 7.43. The first-order valence-corrected chi connectivity index (χ1v) is 8.01. The molecule has 0 saturated carbocycles. The van der Waals surface area contributed by atoms with Gasteiger partial charge in [0.05, 0.1) is 24.3 Å². The second kappa shape index (κ2) is 6.68. The number of H-pyrrole nitrogens is 1. The Hall–Kier alpha value is -1.92. The fraction of sp³-hybridized carbons (Fsp3) is 0.529. The van der Waals surface area contributed by atoms with Crippen LogP contribution in [0.25, 0.3) is 0 Å². The van der Waals surface area contributed by atoms with Gasteiger partial charge in [-0.3, -0.25) is 9.88 Å². The van der Waals surface area contributed by atoms with E-state index in [1.807, 2.05) is 21.0 Å². The maximum absolute atomic E-state index is 5.98. The number of aromatic amines is 1. The van der Waals surface area contributed by atoms with E-state index in [4.69, 9.17) is 4.74 Å². The van der Waals surface area contributed by atoms with Gasteiger partial charge in [0.2, 0.25) is 0 Å². The lowest BCUT2D eigenvalue weighted by Gasteiger charge is -2.32. The second-order valence-electron chi connectivity index (χ2n) is 6.35. The Morgan fingerprint density at radius 1 is 1.35 bits per heavy atom. The van der Waals surface area contributed by atoms with Crippen molar-refractivity contribution in [2.45, 2.75) is 26.5 Å². The van der Waals surface area contributed by atoms with Gasteiger partial charge in [-0.25, -0.2) is 4.98 Å². The van der Waals surface area contributed by atoms with Gasteiger partial charge in [0.25, 0.3) is 0 Å². The van der Waals surface area contributed by atoms with E-state index in [0.29, 0.717) is 0 Å².